The minimum absolute atomic E-state index is 0.255. The third-order valence-electron chi connectivity index (χ3n) is 4.10. The van der Waals surface area contributed by atoms with Crippen molar-refractivity contribution in [3.05, 3.63) is 70.9 Å². The highest BCUT2D eigenvalue weighted by atomic mass is 16.7. The van der Waals surface area contributed by atoms with Crippen LogP contribution >= 0.6 is 0 Å². The van der Waals surface area contributed by atoms with E-state index in [1.165, 1.54) is 20.0 Å². The van der Waals surface area contributed by atoms with Crippen LogP contribution < -0.4 is 10.6 Å². The first kappa shape index (κ1) is 20.1. The zero-order valence-corrected chi connectivity index (χ0v) is 16.7. The molecule has 150 valence electrons. The molecule has 1 aliphatic heterocycles. The fourth-order valence-corrected chi connectivity index (χ4v) is 2.93. The molecule has 1 heterocycles. The molecule has 0 bridgehead atoms. The van der Waals surface area contributed by atoms with Crippen LogP contribution in [0.3, 0.4) is 0 Å². The molecule has 1 amide bonds. The summed E-state index contributed by atoms with van der Waals surface area (Å²) < 4.78 is 10.1. The second kappa shape index (κ2) is 7.79. The standard InChI is InChI=1S/C22H22N2O5/c1-13-8-14(2)10-17(9-13)24-19(25)15-6-5-7-16(11-15)23-12-18-20(26)28-22(3,4)29-21(18)27/h5-12,23H,1-4H3,(H,24,25). The number of cyclic esters (lactones) is 2. The molecule has 0 unspecified atom stereocenters. The molecule has 2 aromatic rings. The van der Waals surface area contributed by atoms with Crippen molar-refractivity contribution < 1.29 is 23.9 Å². The molecule has 0 spiro atoms. The summed E-state index contributed by atoms with van der Waals surface area (Å²) in [6.07, 6.45) is 1.21. The molecule has 1 aliphatic rings. The third kappa shape index (κ3) is 5.01. The van der Waals surface area contributed by atoms with Gasteiger partial charge in [-0.3, -0.25) is 4.79 Å². The number of amides is 1. The number of benzene rings is 2. The summed E-state index contributed by atoms with van der Waals surface area (Å²) in [5.74, 6) is -3.12. The van der Waals surface area contributed by atoms with E-state index >= 15 is 0 Å². The lowest BCUT2D eigenvalue weighted by molar-refractivity contribution is -0.222. The molecule has 2 N–H and O–H groups in total. The zero-order valence-electron chi connectivity index (χ0n) is 16.7. The predicted molar refractivity (Wildman–Crippen MR) is 108 cm³/mol. The first-order valence-electron chi connectivity index (χ1n) is 9.06. The third-order valence-corrected chi connectivity index (χ3v) is 4.10. The van der Waals surface area contributed by atoms with Gasteiger partial charge in [0.15, 0.2) is 5.57 Å². The highest BCUT2D eigenvalue weighted by Gasteiger charge is 2.38. The average molecular weight is 394 g/mol. The Balaban J connectivity index is 1.73. The monoisotopic (exact) mass is 394 g/mol. The van der Waals surface area contributed by atoms with E-state index in [0.717, 1.165) is 11.1 Å². The van der Waals surface area contributed by atoms with Gasteiger partial charge >= 0.3 is 11.9 Å². The van der Waals surface area contributed by atoms with E-state index in [2.05, 4.69) is 10.6 Å². The summed E-state index contributed by atoms with van der Waals surface area (Å²) in [5.41, 5.74) is 3.50. The van der Waals surface area contributed by atoms with Gasteiger partial charge in [0, 0.05) is 37.0 Å². The summed E-state index contributed by atoms with van der Waals surface area (Å²) in [7, 11) is 0. The summed E-state index contributed by atoms with van der Waals surface area (Å²) in [6, 6.07) is 12.5. The van der Waals surface area contributed by atoms with Gasteiger partial charge < -0.3 is 20.1 Å². The molecule has 0 radical (unpaired) electrons. The fraction of sp³-hybridized carbons (Fsp3) is 0.227. The molecular weight excluding hydrogens is 372 g/mol. The van der Waals surface area contributed by atoms with Crippen molar-refractivity contribution in [1.29, 1.82) is 0 Å². The van der Waals surface area contributed by atoms with E-state index < -0.39 is 17.7 Å². The Bertz CT molecular complexity index is 981. The van der Waals surface area contributed by atoms with Crippen LogP contribution in [0, 0.1) is 13.8 Å². The number of carbonyl (C=O) groups is 3. The smallest absolute Gasteiger partial charge is 0.350 e. The Kier molecular flexibility index (Phi) is 5.41. The van der Waals surface area contributed by atoms with Gasteiger partial charge in [-0.15, -0.1) is 0 Å². The Morgan fingerprint density at radius 2 is 1.55 bits per heavy atom. The number of carbonyl (C=O) groups excluding carboxylic acids is 3. The van der Waals surface area contributed by atoms with Gasteiger partial charge in [0.25, 0.3) is 11.7 Å². The largest absolute Gasteiger partial charge is 0.419 e. The maximum absolute atomic E-state index is 12.6. The topological polar surface area (TPSA) is 93.7 Å². The van der Waals surface area contributed by atoms with E-state index in [1.807, 2.05) is 32.0 Å². The van der Waals surface area contributed by atoms with Crippen molar-refractivity contribution in [2.45, 2.75) is 33.5 Å². The van der Waals surface area contributed by atoms with Crippen LogP contribution in [0.2, 0.25) is 0 Å². The molecule has 0 aliphatic carbocycles. The van der Waals surface area contributed by atoms with Crippen LogP contribution in [0.25, 0.3) is 0 Å². The van der Waals surface area contributed by atoms with Crippen LogP contribution in [0.5, 0.6) is 0 Å². The van der Waals surface area contributed by atoms with Crippen molar-refractivity contribution in [3.8, 4) is 0 Å². The molecule has 1 fully saturated rings. The number of esters is 2. The molecule has 0 saturated carbocycles. The Labute approximate surface area is 168 Å². The SMILES string of the molecule is Cc1cc(C)cc(NC(=O)c2cccc(NC=C3C(=O)OC(C)(C)OC3=O)c2)c1. The number of aryl methyl sites for hydroxylation is 2. The molecule has 3 rings (SSSR count). The lowest BCUT2D eigenvalue weighted by Gasteiger charge is -2.29. The van der Waals surface area contributed by atoms with E-state index in [9.17, 15) is 14.4 Å². The van der Waals surface area contributed by atoms with Crippen LogP contribution in [0.1, 0.15) is 35.3 Å². The van der Waals surface area contributed by atoms with Gasteiger partial charge in [-0.1, -0.05) is 12.1 Å². The van der Waals surface area contributed by atoms with Crippen molar-refractivity contribution in [2.24, 2.45) is 0 Å². The fourth-order valence-electron chi connectivity index (χ4n) is 2.93. The minimum atomic E-state index is -1.29. The summed E-state index contributed by atoms with van der Waals surface area (Å²) in [5, 5.41) is 5.70. The molecule has 7 heteroatoms. The van der Waals surface area contributed by atoms with Crippen molar-refractivity contribution in [3.63, 3.8) is 0 Å². The molecule has 7 nitrogen and oxygen atoms in total. The van der Waals surface area contributed by atoms with Crippen LogP contribution in [0.4, 0.5) is 11.4 Å². The minimum Gasteiger partial charge on any atom is -0.419 e. The summed E-state index contributed by atoms with van der Waals surface area (Å²) >= 11 is 0. The number of hydrogen-bond acceptors (Lipinski definition) is 6. The lowest BCUT2D eigenvalue weighted by atomic mass is 10.1. The normalized spacial score (nSPS) is 15.2. The number of rotatable bonds is 4. The van der Waals surface area contributed by atoms with Crippen LogP contribution in [-0.2, 0) is 19.1 Å². The second-order valence-electron chi connectivity index (χ2n) is 7.29. The van der Waals surface area contributed by atoms with Gasteiger partial charge in [0.1, 0.15) is 0 Å². The Morgan fingerprint density at radius 1 is 0.931 bits per heavy atom. The maximum Gasteiger partial charge on any atom is 0.350 e. The van der Waals surface area contributed by atoms with Gasteiger partial charge in [0.2, 0.25) is 0 Å². The number of hydrogen-bond donors (Lipinski definition) is 2. The molecule has 0 atom stereocenters. The van der Waals surface area contributed by atoms with Crippen molar-refractivity contribution in [1.82, 2.24) is 0 Å². The summed E-state index contributed by atoms with van der Waals surface area (Å²) in [4.78, 5) is 36.5. The lowest BCUT2D eigenvalue weighted by Crippen LogP contribution is -2.42. The Hall–Kier alpha value is -3.61. The van der Waals surface area contributed by atoms with Gasteiger partial charge in [-0.05, 0) is 55.3 Å². The predicted octanol–water partition coefficient (Wildman–Crippen LogP) is 3.69. The Morgan fingerprint density at radius 3 is 2.17 bits per heavy atom. The zero-order chi connectivity index (χ0) is 21.2. The molecule has 0 aromatic heterocycles. The van der Waals surface area contributed by atoms with E-state index in [4.69, 9.17) is 9.47 Å². The first-order valence-corrected chi connectivity index (χ1v) is 9.06. The van der Waals surface area contributed by atoms with Gasteiger partial charge in [0.05, 0.1) is 0 Å². The summed E-state index contributed by atoms with van der Waals surface area (Å²) in [6.45, 7) is 6.88. The van der Waals surface area contributed by atoms with Crippen molar-refractivity contribution in [2.75, 3.05) is 10.6 Å². The molecular formula is C22H22N2O5. The van der Waals surface area contributed by atoms with Crippen LogP contribution in [-0.4, -0.2) is 23.6 Å². The first-order chi connectivity index (χ1) is 13.6. The van der Waals surface area contributed by atoms with E-state index in [1.54, 1.807) is 24.3 Å². The number of ether oxygens (including phenoxy) is 2. The van der Waals surface area contributed by atoms with Crippen molar-refractivity contribution >= 4 is 29.2 Å². The molecule has 1 saturated heterocycles. The number of anilines is 2. The van der Waals surface area contributed by atoms with Gasteiger partial charge in [-0.25, -0.2) is 9.59 Å². The average Bonchev–Trinajstić information content (AvgIpc) is 2.59. The highest BCUT2D eigenvalue weighted by Crippen LogP contribution is 2.23. The number of nitrogens with one attached hydrogen (secondary N) is 2. The van der Waals surface area contributed by atoms with E-state index in [-0.39, 0.29) is 11.5 Å². The van der Waals surface area contributed by atoms with E-state index in [0.29, 0.717) is 16.9 Å². The van der Waals surface area contributed by atoms with Gasteiger partial charge in [-0.2, -0.15) is 0 Å². The highest BCUT2D eigenvalue weighted by molar-refractivity contribution is 6.15. The molecule has 2 aromatic carbocycles. The quantitative estimate of drug-likeness (QED) is 0.467. The maximum atomic E-state index is 12.6. The van der Waals surface area contributed by atoms with Crippen LogP contribution in [0.15, 0.2) is 54.2 Å². The molecule has 29 heavy (non-hydrogen) atoms. The second-order valence-corrected chi connectivity index (χ2v) is 7.29.